The Balaban J connectivity index is 1.38. The van der Waals surface area contributed by atoms with Crippen molar-refractivity contribution in [3.8, 4) is 11.5 Å². The first-order valence-electron chi connectivity index (χ1n) is 11.9. The van der Waals surface area contributed by atoms with E-state index in [0.717, 1.165) is 39.8 Å². The lowest BCUT2D eigenvalue weighted by atomic mass is 10.0. The highest BCUT2D eigenvalue weighted by molar-refractivity contribution is 8.18. The van der Waals surface area contributed by atoms with Crippen molar-refractivity contribution >= 4 is 52.2 Å². The van der Waals surface area contributed by atoms with E-state index < -0.39 is 0 Å². The van der Waals surface area contributed by atoms with Crippen molar-refractivity contribution in [3.05, 3.63) is 97.9 Å². The third-order valence-corrected chi connectivity index (χ3v) is 7.30. The second-order valence-electron chi connectivity index (χ2n) is 8.97. The van der Waals surface area contributed by atoms with Crippen LogP contribution in [0.25, 0.3) is 6.08 Å². The lowest BCUT2D eigenvalue weighted by molar-refractivity contribution is -0.123. The first-order chi connectivity index (χ1) is 17.7. The second kappa shape index (κ2) is 12.1. The van der Waals surface area contributed by atoms with Crippen LogP contribution in [0.15, 0.2) is 65.6 Å². The molecule has 1 heterocycles. The molecule has 37 heavy (non-hydrogen) atoms. The Kier molecular flexibility index (Phi) is 8.85. The zero-order chi connectivity index (χ0) is 26.5. The highest BCUT2D eigenvalue weighted by atomic mass is 35.5. The molecule has 0 N–H and O–H groups in total. The average molecular weight is 557 g/mol. The summed E-state index contributed by atoms with van der Waals surface area (Å²) in [6.45, 7) is 6.89. The fraction of sp³-hybridized carbons (Fsp3) is 0.241. The van der Waals surface area contributed by atoms with Crippen molar-refractivity contribution in [1.82, 2.24) is 4.90 Å². The third kappa shape index (κ3) is 6.89. The minimum absolute atomic E-state index is 0.179. The number of imide groups is 1. The summed E-state index contributed by atoms with van der Waals surface area (Å²) in [5, 5.41) is 0.786. The van der Waals surface area contributed by atoms with Crippen LogP contribution in [0.3, 0.4) is 0 Å². The molecule has 4 rings (SSSR count). The molecule has 192 valence electrons. The van der Waals surface area contributed by atoms with Gasteiger partial charge in [0.2, 0.25) is 0 Å². The van der Waals surface area contributed by atoms with Crippen LogP contribution in [0, 0.1) is 6.92 Å². The summed E-state index contributed by atoms with van der Waals surface area (Å²) in [6.07, 6.45) is 1.70. The normalized spacial score (nSPS) is 14.6. The van der Waals surface area contributed by atoms with Gasteiger partial charge in [0.1, 0.15) is 24.7 Å². The van der Waals surface area contributed by atoms with Crippen LogP contribution in [-0.4, -0.2) is 29.2 Å². The Labute approximate surface area is 231 Å². The van der Waals surface area contributed by atoms with Crippen LogP contribution >= 0.6 is 35.0 Å². The van der Waals surface area contributed by atoms with Crippen molar-refractivity contribution in [2.24, 2.45) is 0 Å². The highest BCUT2D eigenvalue weighted by Crippen LogP contribution is 2.33. The van der Waals surface area contributed by atoms with Gasteiger partial charge < -0.3 is 9.47 Å². The standard InChI is InChI=1S/C29H27Cl2NO4S/c1-18(2)24-10-7-19(3)13-26(24)35-12-11-32-28(33)27(37-29(32)34)15-20-5-4-6-23(14-20)36-17-21-8-9-22(30)16-25(21)31/h4-10,13-16,18H,11-12,17H2,1-3H3/b27-15-. The van der Waals surface area contributed by atoms with E-state index in [1.165, 1.54) is 4.90 Å². The van der Waals surface area contributed by atoms with Crippen molar-refractivity contribution in [2.75, 3.05) is 13.2 Å². The molecule has 0 saturated carbocycles. The molecule has 0 spiro atoms. The first-order valence-corrected chi connectivity index (χ1v) is 13.4. The fourth-order valence-corrected chi connectivity index (χ4v) is 5.16. The van der Waals surface area contributed by atoms with Gasteiger partial charge in [-0.25, -0.2) is 0 Å². The third-order valence-electron chi connectivity index (χ3n) is 5.80. The Morgan fingerprint density at radius 1 is 1.00 bits per heavy atom. The van der Waals surface area contributed by atoms with E-state index >= 15 is 0 Å². The summed E-state index contributed by atoms with van der Waals surface area (Å²) in [4.78, 5) is 27.1. The van der Waals surface area contributed by atoms with E-state index in [2.05, 4.69) is 26.0 Å². The summed E-state index contributed by atoms with van der Waals surface area (Å²) in [6, 6.07) is 18.7. The molecule has 0 atom stereocenters. The second-order valence-corrected chi connectivity index (χ2v) is 10.8. The molecule has 1 fully saturated rings. The summed E-state index contributed by atoms with van der Waals surface area (Å²) in [5.74, 6) is 1.38. The molecular formula is C29H27Cl2NO4S. The largest absolute Gasteiger partial charge is 0.491 e. The summed E-state index contributed by atoms with van der Waals surface area (Å²) < 4.78 is 11.9. The summed E-state index contributed by atoms with van der Waals surface area (Å²) in [5.41, 5.74) is 3.75. The molecule has 1 aliphatic heterocycles. The number of amides is 2. The Hall–Kier alpha value is -2.93. The molecule has 8 heteroatoms. The number of rotatable bonds is 9. The van der Waals surface area contributed by atoms with Crippen molar-refractivity contribution < 1.29 is 19.1 Å². The molecule has 0 aliphatic carbocycles. The highest BCUT2D eigenvalue weighted by Gasteiger charge is 2.34. The maximum Gasteiger partial charge on any atom is 0.293 e. The number of carbonyl (C=O) groups is 2. The van der Waals surface area contributed by atoms with Gasteiger partial charge in [0, 0.05) is 15.6 Å². The van der Waals surface area contributed by atoms with Gasteiger partial charge in [-0.2, -0.15) is 0 Å². The molecule has 2 amide bonds. The van der Waals surface area contributed by atoms with Gasteiger partial charge >= 0.3 is 0 Å². The number of aryl methyl sites for hydroxylation is 1. The van der Waals surface area contributed by atoms with Crippen LogP contribution < -0.4 is 9.47 Å². The molecule has 0 radical (unpaired) electrons. The van der Waals surface area contributed by atoms with Gasteiger partial charge in [-0.3, -0.25) is 14.5 Å². The number of hydrogen-bond acceptors (Lipinski definition) is 5. The van der Waals surface area contributed by atoms with Crippen LogP contribution in [0.2, 0.25) is 10.0 Å². The predicted octanol–water partition coefficient (Wildman–Crippen LogP) is 8.12. The van der Waals surface area contributed by atoms with E-state index in [-0.39, 0.29) is 30.9 Å². The van der Waals surface area contributed by atoms with Crippen molar-refractivity contribution in [3.63, 3.8) is 0 Å². The number of ether oxygens (including phenoxy) is 2. The molecule has 3 aromatic carbocycles. The molecular weight excluding hydrogens is 529 g/mol. The SMILES string of the molecule is Cc1ccc(C(C)C)c(OCCN2C(=O)S/C(=C\c3cccc(OCc4ccc(Cl)cc4Cl)c3)C2=O)c1. The molecule has 0 bridgehead atoms. The summed E-state index contributed by atoms with van der Waals surface area (Å²) in [7, 11) is 0. The molecule has 1 aliphatic rings. The maximum absolute atomic E-state index is 13.0. The van der Waals surface area contributed by atoms with E-state index in [4.69, 9.17) is 32.7 Å². The number of carbonyl (C=O) groups excluding carboxylic acids is 2. The zero-order valence-corrected chi connectivity index (χ0v) is 23.1. The minimum atomic E-state index is -0.328. The van der Waals surface area contributed by atoms with E-state index in [0.29, 0.717) is 26.6 Å². The van der Waals surface area contributed by atoms with Crippen molar-refractivity contribution in [2.45, 2.75) is 33.3 Å². The number of thioether (sulfide) groups is 1. The van der Waals surface area contributed by atoms with Gasteiger partial charge in [0.25, 0.3) is 11.1 Å². The molecule has 1 saturated heterocycles. The Morgan fingerprint density at radius 3 is 2.57 bits per heavy atom. The van der Waals surface area contributed by atoms with Gasteiger partial charge in [0.15, 0.2) is 0 Å². The smallest absolute Gasteiger partial charge is 0.293 e. The topological polar surface area (TPSA) is 55.8 Å². The van der Waals surface area contributed by atoms with Gasteiger partial charge in [-0.1, -0.05) is 67.4 Å². The average Bonchev–Trinajstić information content (AvgIpc) is 3.11. The molecule has 0 aromatic heterocycles. The van der Waals surface area contributed by atoms with Crippen molar-refractivity contribution in [1.29, 1.82) is 0 Å². The lowest BCUT2D eigenvalue weighted by Gasteiger charge is -2.17. The maximum atomic E-state index is 13.0. The van der Waals surface area contributed by atoms with Gasteiger partial charge in [-0.05, 0) is 77.7 Å². The number of nitrogens with zero attached hydrogens (tertiary/aromatic N) is 1. The minimum Gasteiger partial charge on any atom is -0.491 e. The van der Waals surface area contributed by atoms with Crippen LogP contribution in [-0.2, 0) is 11.4 Å². The molecule has 3 aromatic rings. The number of hydrogen-bond donors (Lipinski definition) is 0. The zero-order valence-electron chi connectivity index (χ0n) is 20.8. The lowest BCUT2D eigenvalue weighted by Crippen LogP contribution is -2.32. The van der Waals surface area contributed by atoms with Crippen LogP contribution in [0.5, 0.6) is 11.5 Å². The Morgan fingerprint density at radius 2 is 1.81 bits per heavy atom. The van der Waals surface area contributed by atoms with Crippen LogP contribution in [0.4, 0.5) is 4.79 Å². The molecule has 5 nitrogen and oxygen atoms in total. The predicted molar refractivity (Wildman–Crippen MR) is 151 cm³/mol. The Bertz CT molecular complexity index is 1360. The van der Waals surface area contributed by atoms with Gasteiger partial charge in [-0.15, -0.1) is 0 Å². The van der Waals surface area contributed by atoms with E-state index in [1.54, 1.807) is 18.2 Å². The van der Waals surface area contributed by atoms with Gasteiger partial charge in [0.05, 0.1) is 11.4 Å². The number of benzene rings is 3. The quantitative estimate of drug-likeness (QED) is 0.249. The summed E-state index contributed by atoms with van der Waals surface area (Å²) >= 11 is 13.1. The number of halogens is 2. The van der Waals surface area contributed by atoms with Crippen LogP contribution in [0.1, 0.15) is 42.0 Å². The van der Waals surface area contributed by atoms with E-state index in [1.807, 2.05) is 43.3 Å². The van der Waals surface area contributed by atoms with E-state index in [9.17, 15) is 9.59 Å². The monoisotopic (exact) mass is 555 g/mol. The molecule has 0 unspecified atom stereocenters. The fourth-order valence-electron chi connectivity index (χ4n) is 3.83. The first kappa shape index (κ1) is 27.1.